The Morgan fingerprint density at radius 1 is 0.242 bits per heavy atom. The van der Waals surface area contributed by atoms with Gasteiger partial charge in [0.05, 0.1) is 5.41 Å². The molecule has 0 fully saturated rings. The number of hydrogen-bond donors (Lipinski definition) is 0. The van der Waals surface area contributed by atoms with Gasteiger partial charge in [0.25, 0.3) is 0 Å². The van der Waals surface area contributed by atoms with Crippen LogP contribution in [-0.4, -0.2) is 0 Å². The molecule has 13 aromatic rings. The van der Waals surface area contributed by atoms with Gasteiger partial charge in [0.2, 0.25) is 0 Å². The van der Waals surface area contributed by atoms with Crippen molar-refractivity contribution < 1.29 is 0 Å². The molecule has 0 spiro atoms. The number of nitrogens with zero attached hydrogens (tertiary/aromatic N) is 4. The summed E-state index contributed by atoms with van der Waals surface area (Å²) in [5.74, 6) is 0. The third-order valence-corrected chi connectivity index (χ3v) is 18.9. The molecular formula is C87H66N4. The van der Waals surface area contributed by atoms with E-state index in [2.05, 4.69) is 348 Å². The number of benzene rings is 13. The second-order valence-corrected chi connectivity index (χ2v) is 24.1. The first kappa shape index (κ1) is 54.9. The highest BCUT2D eigenvalue weighted by atomic mass is 15.2. The second-order valence-electron chi connectivity index (χ2n) is 24.1. The predicted octanol–water partition coefficient (Wildman–Crippen LogP) is 23.1. The van der Waals surface area contributed by atoms with Crippen LogP contribution in [0.3, 0.4) is 0 Å². The van der Waals surface area contributed by atoms with Crippen LogP contribution >= 0.6 is 0 Å². The summed E-state index contributed by atoms with van der Waals surface area (Å²) in [5, 5.41) is 0. The zero-order valence-electron chi connectivity index (χ0n) is 50.7. The molecule has 3 aliphatic carbocycles. The lowest BCUT2D eigenvalue weighted by atomic mass is 9.65. The molecule has 4 nitrogen and oxygen atoms in total. The maximum Gasteiger partial charge on any atom is 0.0715 e. The summed E-state index contributed by atoms with van der Waals surface area (Å²) in [6.45, 7) is 8.11. The average Bonchev–Trinajstić information content (AvgIpc) is 1.56. The van der Waals surface area contributed by atoms with Gasteiger partial charge in [0.1, 0.15) is 0 Å². The van der Waals surface area contributed by atoms with E-state index in [-0.39, 0.29) is 0 Å². The highest BCUT2D eigenvalue weighted by Crippen LogP contribution is 2.59. The Bertz CT molecular complexity index is 4770. The quantitative estimate of drug-likeness (QED) is 0.0901. The van der Waals surface area contributed by atoms with E-state index in [1.165, 1.54) is 55.6 Å². The van der Waals surface area contributed by atoms with Gasteiger partial charge in [-0.2, -0.15) is 0 Å². The number of hydrogen-bond acceptors (Lipinski definition) is 4. The predicted molar refractivity (Wildman–Crippen MR) is 383 cm³/mol. The van der Waals surface area contributed by atoms with Crippen molar-refractivity contribution in [2.45, 2.75) is 31.1 Å². The van der Waals surface area contributed by atoms with Crippen molar-refractivity contribution >= 4 is 80.4 Å². The summed E-state index contributed by atoms with van der Waals surface area (Å²) in [4.78, 5) is 9.55. The van der Waals surface area contributed by atoms with Gasteiger partial charge in [-0.05, 0) is 243 Å². The zero-order valence-corrected chi connectivity index (χ0v) is 50.7. The summed E-state index contributed by atoms with van der Waals surface area (Å²) in [6.07, 6.45) is 8.22. The first-order valence-corrected chi connectivity index (χ1v) is 31.7. The second kappa shape index (κ2) is 23.2. The Hall–Kier alpha value is -11.5. The van der Waals surface area contributed by atoms with Crippen LogP contribution in [0.5, 0.6) is 0 Å². The smallest absolute Gasteiger partial charge is 0.0715 e. The summed E-state index contributed by atoms with van der Waals surface area (Å²) >= 11 is 0. The van der Waals surface area contributed by atoms with Gasteiger partial charge in [-0.1, -0.05) is 201 Å². The molecular weight excluding hydrogens is 1100 g/mol. The topological polar surface area (TPSA) is 13.0 Å². The monoisotopic (exact) mass is 1170 g/mol. The van der Waals surface area contributed by atoms with Crippen LogP contribution in [0.1, 0.15) is 55.6 Å². The number of anilines is 12. The van der Waals surface area contributed by atoms with E-state index < -0.39 is 5.41 Å². The van der Waals surface area contributed by atoms with Gasteiger partial charge in [-0.25, -0.2) is 0 Å². The number of aryl methyl sites for hydroxylation is 4. The minimum absolute atomic E-state index is 0.649. The van der Waals surface area contributed by atoms with Gasteiger partial charge >= 0.3 is 0 Å². The van der Waals surface area contributed by atoms with Crippen LogP contribution < -0.4 is 19.6 Å². The minimum atomic E-state index is -0.649. The third kappa shape index (κ3) is 9.81. The van der Waals surface area contributed by atoms with Crippen LogP contribution in [0.25, 0.3) is 34.4 Å². The number of rotatable bonds is 17. The van der Waals surface area contributed by atoms with Crippen molar-refractivity contribution in [3.63, 3.8) is 0 Å². The fourth-order valence-corrected chi connectivity index (χ4v) is 14.3. The molecule has 3 aliphatic rings. The average molecular weight is 1170 g/mol. The number of para-hydroxylation sites is 4. The zero-order chi connectivity index (χ0) is 60.8. The molecule has 0 bridgehead atoms. The molecule has 0 aromatic heterocycles. The highest BCUT2D eigenvalue weighted by molar-refractivity contribution is 5.93. The van der Waals surface area contributed by atoms with Crippen molar-refractivity contribution in [2.24, 2.45) is 0 Å². The van der Waals surface area contributed by atoms with E-state index in [4.69, 9.17) is 0 Å². The standard InChI is InChI=1S/C87H66N4/c1-3-61-34-46-75(47-35-61)89(73-26-13-7-14-27-73)79-32-19-33-80(58-79)91(76-48-36-62(4-2)37-49-76)78-31-18-21-66(57-78)65-20-17-30-77(56-65)90(74-28-15-8-16-29-74)82-51-53-84-83-52-50-81(88(71-22-9-5-10-23-71)72-24-11-6-12-25-72)59-85(83)87(86(84)60-82,69-44-42-63-38-40-67(63)54-69)70-45-43-64-39-41-68(64)55-70/h3-37,42-60H,1-2,38-41H2. The Morgan fingerprint density at radius 3 is 0.879 bits per heavy atom. The molecule has 0 saturated heterocycles. The van der Waals surface area contributed by atoms with Gasteiger partial charge in [0, 0.05) is 68.2 Å². The van der Waals surface area contributed by atoms with Crippen molar-refractivity contribution in [2.75, 3.05) is 19.6 Å². The van der Waals surface area contributed by atoms with Crippen LogP contribution in [0.2, 0.25) is 0 Å². The molecule has 91 heavy (non-hydrogen) atoms. The minimum Gasteiger partial charge on any atom is -0.310 e. The van der Waals surface area contributed by atoms with E-state index in [0.717, 1.165) is 116 Å². The molecule has 0 amide bonds. The van der Waals surface area contributed by atoms with Gasteiger partial charge < -0.3 is 19.6 Å². The van der Waals surface area contributed by atoms with Crippen LogP contribution in [0.4, 0.5) is 68.2 Å². The Balaban J connectivity index is 0.839. The maximum atomic E-state index is 4.09. The molecule has 13 aromatic carbocycles. The lowest BCUT2D eigenvalue weighted by molar-refractivity contribution is 0.740. The lowest BCUT2D eigenvalue weighted by Crippen LogP contribution is -2.31. The van der Waals surface area contributed by atoms with Crippen LogP contribution in [-0.2, 0) is 31.1 Å². The Labute approximate surface area is 534 Å². The molecule has 0 aliphatic heterocycles. The summed E-state index contributed by atoms with van der Waals surface area (Å²) in [5.41, 5.74) is 30.1. The van der Waals surface area contributed by atoms with Crippen LogP contribution in [0, 0.1) is 0 Å². The summed E-state index contributed by atoms with van der Waals surface area (Å²) in [6, 6.07) is 117. The van der Waals surface area contributed by atoms with Gasteiger partial charge in [-0.3, -0.25) is 0 Å². The fraction of sp³-hybridized carbons (Fsp3) is 0.0575. The van der Waals surface area contributed by atoms with Crippen LogP contribution in [0.15, 0.2) is 329 Å². The Morgan fingerprint density at radius 2 is 0.538 bits per heavy atom. The van der Waals surface area contributed by atoms with Crippen molar-refractivity contribution in [1.82, 2.24) is 0 Å². The largest absolute Gasteiger partial charge is 0.310 e. The van der Waals surface area contributed by atoms with Crippen molar-refractivity contribution in [1.29, 1.82) is 0 Å². The Kier molecular flexibility index (Phi) is 14.0. The van der Waals surface area contributed by atoms with E-state index in [1.54, 1.807) is 0 Å². The lowest BCUT2D eigenvalue weighted by Gasteiger charge is -2.38. The van der Waals surface area contributed by atoms with Gasteiger partial charge in [0.15, 0.2) is 0 Å². The SMILES string of the molecule is C=Cc1ccc(N(c2ccccc2)c2cccc(N(c3ccc(C=C)cc3)c3cccc(-c4cccc(N(c5ccccc5)c5ccc6c(c5)C(c5ccc7c(c5)CC7)(c5ccc7c(c5)CC7)c5cc(N(c7ccccc7)c7ccccc7)ccc5-6)c4)c3)c2)cc1. The molecule has 0 heterocycles. The van der Waals surface area contributed by atoms with Crippen molar-refractivity contribution in [3.8, 4) is 22.3 Å². The first-order valence-electron chi connectivity index (χ1n) is 31.7. The maximum absolute atomic E-state index is 4.09. The van der Waals surface area contributed by atoms with E-state index in [9.17, 15) is 0 Å². The van der Waals surface area contributed by atoms with E-state index in [0.29, 0.717) is 0 Å². The van der Waals surface area contributed by atoms with Crippen molar-refractivity contribution in [3.05, 3.63) is 384 Å². The molecule has 4 heteroatoms. The number of fused-ring (bicyclic) bond motifs is 5. The molecule has 0 unspecified atom stereocenters. The third-order valence-electron chi connectivity index (χ3n) is 18.9. The highest BCUT2D eigenvalue weighted by Gasteiger charge is 2.48. The van der Waals surface area contributed by atoms with E-state index in [1.807, 2.05) is 12.2 Å². The molecule has 434 valence electrons. The molecule has 0 N–H and O–H groups in total. The molecule has 0 radical (unpaired) electrons. The molecule has 0 atom stereocenters. The molecule has 0 saturated carbocycles. The fourth-order valence-electron chi connectivity index (χ4n) is 14.3. The summed E-state index contributed by atoms with van der Waals surface area (Å²) < 4.78 is 0. The summed E-state index contributed by atoms with van der Waals surface area (Å²) in [7, 11) is 0. The molecule has 16 rings (SSSR count). The van der Waals surface area contributed by atoms with E-state index >= 15 is 0 Å². The normalized spacial score (nSPS) is 12.8. The first-order chi connectivity index (χ1) is 45.0. The van der Waals surface area contributed by atoms with Gasteiger partial charge in [-0.15, -0.1) is 0 Å².